The van der Waals surface area contributed by atoms with E-state index in [2.05, 4.69) is 0 Å². The summed E-state index contributed by atoms with van der Waals surface area (Å²) in [5.41, 5.74) is 3.46. The van der Waals surface area contributed by atoms with Crippen molar-refractivity contribution in [2.24, 2.45) is 0 Å². The van der Waals surface area contributed by atoms with Crippen LogP contribution in [-0.2, 0) is 26.0 Å². The van der Waals surface area contributed by atoms with E-state index in [4.69, 9.17) is 4.74 Å². The number of carbonyl (C=O) groups is 1. The van der Waals surface area contributed by atoms with Crippen LogP contribution in [0.2, 0.25) is 0 Å². The SMILES string of the molecule is COCCN1CCC(C(=O)NO)(S(=O)(=O)N2CCC(c3ccc(CCCC(F)(F)F)cc3)CC2)CC1.Cl. The van der Waals surface area contributed by atoms with Crippen LogP contribution in [0.1, 0.15) is 55.6 Å². The van der Waals surface area contributed by atoms with Crippen molar-refractivity contribution >= 4 is 28.3 Å². The zero-order valence-electron chi connectivity index (χ0n) is 21.0. The second-order valence-corrected chi connectivity index (χ2v) is 11.9. The van der Waals surface area contributed by atoms with E-state index >= 15 is 0 Å². The average Bonchev–Trinajstić information content (AvgIpc) is 2.87. The molecule has 0 bridgehead atoms. The number of halogens is 4. The number of sulfonamides is 1. The molecule has 1 aromatic carbocycles. The molecule has 1 amide bonds. The molecule has 2 aliphatic rings. The van der Waals surface area contributed by atoms with Gasteiger partial charge < -0.3 is 9.64 Å². The number of aryl methyl sites for hydroxylation is 1. The Labute approximate surface area is 222 Å². The van der Waals surface area contributed by atoms with E-state index in [1.54, 1.807) is 12.6 Å². The van der Waals surface area contributed by atoms with Gasteiger partial charge >= 0.3 is 6.18 Å². The number of hydrogen-bond acceptors (Lipinski definition) is 6. The Bertz CT molecular complexity index is 963. The minimum atomic E-state index is -4.15. The molecule has 2 saturated heterocycles. The van der Waals surface area contributed by atoms with Gasteiger partial charge in [-0.15, -0.1) is 12.4 Å². The van der Waals surface area contributed by atoms with Gasteiger partial charge in [0.15, 0.2) is 4.75 Å². The van der Waals surface area contributed by atoms with Crippen LogP contribution in [0.15, 0.2) is 24.3 Å². The van der Waals surface area contributed by atoms with E-state index < -0.39 is 33.3 Å². The van der Waals surface area contributed by atoms with Gasteiger partial charge in [-0.2, -0.15) is 13.2 Å². The molecule has 2 N–H and O–H groups in total. The van der Waals surface area contributed by atoms with Gasteiger partial charge in [0.25, 0.3) is 5.91 Å². The maximum absolute atomic E-state index is 13.7. The first-order valence-electron chi connectivity index (χ1n) is 12.3. The summed E-state index contributed by atoms with van der Waals surface area (Å²) in [6.45, 7) is 2.47. The van der Waals surface area contributed by atoms with Crippen molar-refractivity contribution in [3.8, 4) is 0 Å². The lowest BCUT2D eigenvalue weighted by atomic mass is 9.89. The maximum atomic E-state index is 13.7. The molecule has 2 heterocycles. The molecular formula is C24H37ClF3N3O5S. The minimum Gasteiger partial charge on any atom is -0.383 e. The molecule has 0 radical (unpaired) electrons. The molecule has 0 spiro atoms. The van der Waals surface area contributed by atoms with Crippen LogP contribution in [-0.4, -0.2) is 86.1 Å². The maximum Gasteiger partial charge on any atom is 0.389 e. The van der Waals surface area contributed by atoms with Crippen molar-refractivity contribution in [1.82, 2.24) is 14.7 Å². The predicted molar refractivity (Wildman–Crippen MR) is 135 cm³/mol. The molecule has 37 heavy (non-hydrogen) atoms. The third-order valence-corrected chi connectivity index (χ3v) is 10.1. The number of carbonyl (C=O) groups excluding carboxylic acids is 1. The van der Waals surface area contributed by atoms with Crippen LogP contribution >= 0.6 is 12.4 Å². The number of alkyl halides is 3. The van der Waals surface area contributed by atoms with Gasteiger partial charge in [0.1, 0.15) is 0 Å². The fourth-order valence-corrected chi connectivity index (χ4v) is 7.35. The van der Waals surface area contributed by atoms with E-state index in [0.29, 0.717) is 45.5 Å². The Morgan fingerprint density at radius 2 is 1.73 bits per heavy atom. The highest BCUT2D eigenvalue weighted by molar-refractivity contribution is 7.91. The first-order chi connectivity index (χ1) is 17.0. The Morgan fingerprint density at radius 3 is 2.24 bits per heavy atom. The van der Waals surface area contributed by atoms with Crippen LogP contribution in [0.25, 0.3) is 0 Å². The quantitative estimate of drug-likeness (QED) is 0.329. The molecule has 0 atom stereocenters. The molecular weight excluding hydrogens is 535 g/mol. The topological polar surface area (TPSA) is 99.2 Å². The lowest BCUT2D eigenvalue weighted by Crippen LogP contribution is -2.62. The monoisotopic (exact) mass is 571 g/mol. The van der Waals surface area contributed by atoms with Crippen molar-refractivity contribution in [3.63, 3.8) is 0 Å². The molecule has 1 aromatic rings. The number of rotatable bonds is 10. The van der Waals surface area contributed by atoms with E-state index in [1.807, 2.05) is 29.2 Å². The van der Waals surface area contributed by atoms with Crippen LogP contribution in [0, 0.1) is 0 Å². The molecule has 13 heteroatoms. The summed E-state index contributed by atoms with van der Waals surface area (Å²) in [5.74, 6) is -0.767. The van der Waals surface area contributed by atoms with Crippen LogP contribution in [0.3, 0.4) is 0 Å². The first kappa shape index (κ1) is 31.8. The number of ether oxygens (including phenoxy) is 1. The number of hydrogen-bond donors (Lipinski definition) is 2. The summed E-state index contributed by atoms with van der Waals surface area (Å²) in [6.07, 6.45) is -3.23. The van der Waals surface area contributed by atoms with Gasteiger partial charge in [-0.25, -0.2) is 18.2 Å². The predicted octanol–water partition coefficient (Wildman–Crippen LogP) is 3.49. The van der Waals surface area contributed by atoms with E-state index in [-0.39, 0.29) is 50.7 Å². The lowest BCUT2D eigenvalue weighted by molar-refractivity contribution is -0.135. The Balaban J connectivity index is 0.00000481. The van der Waals surface area contributed by atoms with E-state index in [9.17, 15) is 31.6 Å². The van der Waals surface area contributed by atoms with Gasteiger partial charge in [-0.05, 0) is 55.6 Å². The van der Waals surface area contributed by atoms with Crippen LogP contribution in [0.4, 0.5) is 13.2 Å². The van der Waals surface area contributed by atoms with Gasteiger partial charge in [0.05, 0.1) is 6.61 Å². The molecule has 3 rings (SSSR count). The number of likely N-dealkylation sites (tertiary alicyclic amines) is 1. The first-order valence-corrected chi connectivity index (χ1v) is 13.8. The normalized spacial score (nSPS) is 19.8. The van der Waals surface area contributed by atoms with Gasteiger partial charge in [-0.3, -0.25) is 10.0 Å². The van der Waals surface area contributed by atoms with Crippen molar-refractivity contribution < 1.29 is 36.3 Å². The lowest BCUT2D eigenvalue weighted by Gasteiger charge is -2.43. The third kappa shape index (κ3) is 7.79. The highest BCUT2D eigenvalue weighted by Gasteiger charge is 2.55. The number of nitrogens with one attached hydrogen (secondary N) is 1. The van der Waals surface area contributed by atoms with Crippen molar-refractivity contribution in [1.29, 1.82) is 0 Å². The van der Waals surface area contributed by atoms with Crippen LogP contribution < -0.4 is 5.48 Å². The van der Waals surface area contributed by atoms with E-state index in [0.717, 1.165) is 11.1 Å². The second kappa shape index (κ2) is 13.6. The van der Waals surface area contributed by atoms with Gasteiger partial charge in [-0.1, -0.05) is 24.3 Å². The fraction of sp³-hybridized carbons (Fsp3) is 0.708. The molecule has 8 nitrogen and oxygen atoms in total. The molecule has 2 aliphatic heterocycles. The Kier molecular flexibility index (Phi) is 11.7. The summed E-state index contributed by atoms with van der Waals surface area (Å²) in [7, 11) is -2.43. The summed E-state index contributed by atoms with van der Waals surface area (Å²) < 4.78 is 69.2. The van der Waals surface area contributed by atoms with Crippen molar-refractivity contribution in [2.75, 3.05) is 46.4 Å². The zero-order valence-corrected chi connectivity index (χ0v) is 22.6. The standard InChI is InChI=1S/C24H36F3N3O5S.ClH/c1-35-18-17-29-15-11-23(12-16-29,22(31)28-32)36(33,34)30-13-8-21(9-14-30)20-6-4-19(5-7-20)3-2-10-24(25,26)27;/h4-7,21,32H,2-3,8-18H2,1H3,(H,28,31);1H. The number of benzene rings is 1. The summed E-state index contributed by atoms with van der Waals surface area (Å²) in [6, 6.07) is 7.50. The molecule has 212 valence electrons. The summed E-state index contributed by atoms with van der Waals surface area (Å²) >= 11 is 0. The number of methoxy groups -OCH3 is 1. The minimum absolute atomic E-state index is 0. The Hall–Kier alpha value is -1.44. The smallest absolute Gasteiger partial charge is 0.383 e. The number of piperidine rings is 2. The highest BCUT2D eigenvalue weighted by Crippen LogP contribution is 2.37. The molecule has 0 aromatic heterocycles. The largest absolute Gasteiger partial charge is 0.389 e. The highest BCUT2D eigenvalue weighted by atomic mass is 35.5. The van der Waals surface area contributed by atoms with Gasteiger partial charge in [0.2, 0.25) is 10.0 Å². The number of amides is 1. The Morgan fingerprint density at radius 1 is 1.14 bits per heavy atom. The van der Waals surface area contributed by atoms with Crippen LogP contribution in [0.5, 0.6) is 0 Å². The van der Waals surface area contributed by atoms with Crippen molar-refractivity contribution in [2.45, 2.75) is 61.8 Å². The zero-order chi connectivity index (χ0) is 26.4. The van der Waals surface area contributed by atoms with Crippen molar-refractivity contribution in [3.05, 3.63) is 35.4 Å². The van der Waals surface area contributed by atoms with Gasteiger partial charge in [0, 0.05) is 46.3 Å². The summed E-state index contributed by atoms with van der Waals surface area (Å²) in [4.78, 5) is 14.7. The number of nitrogens with zero attached hydrogens (tertiary/aromatic N) is 2. The second-order valence-electron chi connectivity index (χ2n) is 9.66. The molecule has 0 saturated carbocycles. The number of hydroxylamine groups is 1. The molecule has 0 aliphatic carbocycles. The average molecular weight is 572 g/mol. The van der Waals surface area contributed by atoms with E-state index in [1.165, 1.54) is 4.31 Å². The molecule has 2 fully saturated rings. The molecule has 0 unspecified atom stereocenters. The summed E-state index contributed by atoms with van der Waals surface area (Å²) in [5, 5.41) is 9.36. The third-order valence-electron chi connectivity index (χ3n) is 7.46. The fourth-order valence-electron chi connectivity index (χ4n) is 5.19.